The number of hydrogen-bond donors (Lipinski definition) is 1. The summed E-state index contributed by atoms with van der Waals surface area (Å²) in [4.78, 5) is 12.0. The van der Waals surface area contributed by atoms with Gasteiger partial charge < -0.3 is 5.32 Å². The normalized spacial score (nSPS) is 10.6. The lowest BCUT2D eigenvalue weighted by atomic mass is 10.2. The van der Waals surface area contributed by atoms with Crippen molar-refractivity contribution < 1.29 is 0 Å². The zero-order valence-corrected chi connectivity index (χ0v) is 13.4. The van der Waals surface area contributed by atoms with Gasteiger partial charge in [0, 0.05) is 17.6 Å². The van der Waals surface area contributed by atoms with Gasteiger partial charge in [-0.1, -0.05) is 46.6 Å². The second-order valence-electron chi connectivity index (χ2n) is 4.38. The fourth-order valence-electron chi connectivity index (χ4n) is 1.80. The number of aromatic nitrogens is 2. The Kier molecular flexibility index (Phi) is 5.20. The molecule has 0 amide bonds. The van der Waals surface area contributed by atoms with Gasteiger partial charge in [-0.25, -0.2) is 4.68 Å². The van der Waals surface area contributed by atoms with Crippen LogP contribution in [0.5, 0.6) is 0 Å². The third-order valence-corrected chi connectivity index (χ3v) is 3.65. The smallest absolute Gasteiger partial charge is 0.287 e. The Morgan fingerprint density at radius 1 is 1.45 bits per heavy atom. The number of halogens is 2. The van der Waals surface area contributed by atoms with Crippen LogP contribution in [0.3, 0.4) is 0 Å². The van der Waals surface area contributed by atoms with Crippen molar-refractivity contribution >= 4 is 33.2 Å². The second-order valence-corrected chi connectivity index (χ2v) is 5.68. The van der Waals surface area contributed by atoms with Gasteiger partial charge in [-0.15, -0.1) is 0 Å². The van der Waals surface area contributed by atoms with E-state index in [0.29, 0.717) is 18.8 Å². The maximum Gasteiger partial charge on any atom is 0.287 e. The van der Waals surface area contributed by atoms with Crippen LogP contribution >= 0.6 is 27.5 Å². The summed E-state index contributed by atoms with van der Waals surface area (Å²) < 4.78 is 2.39. The minimum absolute atomic E-state index is 0.184. The van der Waals surface area contributed by atoms with Crippen LogP contribution in [-0.4, -0.2) is 9.78 Å². The summed E-state index contributed by atoms with van der Waals surface area (Å²) in [5.74, 6) is 0. The largest absolute Gasteiger partial charge is 0.378 e. The lowest BCUT2D eigenvalue weighted by Crippen LogP contribution is -2.24. The SMILES string of the molecule is CCCn1ncc(NCc2cccc(Br)c2)c(Cl)c1=O. The number of nitrogens with zero attached hydrogens (tertiary/aromatic N) is 2. The molecular weight excluding hydrogens is 342 g/mol. The highest BCUT2D eigenvalue weighted by Gasteiger charge is 2.08. The van der Waals surface area contributed by atoms with Gasteiger partial charge in [-0.3, -0.25) is 4.79 Å². The van der Waals surface area contributed by atoms with Crippen LogP contribution in [0.1, 0.15) is 18.9 Å². The molecule has 0 bridgehead atoms. The van der Waals surface area contributed by atoms with Crippen molar-refractivity contribution in [3.05, 3.63) is 55.9 Å². The van der Waals surface area contributed by atoms with E-state index in [4.69, 9.17) is 11.6 Å². The zero-order chi connectivity index (χ0) is 14.5. The summed E-state index contributed by atoms with van der Waals surface area (Å²) in [6, 6.07) is 7.92. The Labute approximate surface area is 130 Å². The Morgan fingerprint density at radius 2 is 2.25 bits per heavy atom. The molecule has 0 aliphatic heterocycles. The van der Waals surface area contributed by atoms with Crippen LogP contribution in [0.15, 0.2) is 39.7 Å². The first kappa shape index (κ1) is 15.1. The van der Waals surface area contributed by atoms with E-state index in [0.717, 1.165) is 16.5 Å². The predicted molar refractivity (Wildman–Crippen MR) is 85.3 cm³/mol. The fraction of sp³-hybridized carbons (Fsp3) is 0.286. The highest BCUT2D eigenvalue weighted by Crippen LogP contribution is 2.18. The molecule has 6 heteroatoms. The van der Waals surface area contributed by atoms with Crippen molar-refractivity contribution in [3.8, 4) is 0 Å². The molecule has 1 heterocycles. The van der Waals surface area contributed by atoms with Crippen LogP contribution in [-0.2, 0) is 13.1 Å². The van der Waals surface area contributed by atoms with E-state index < -0.39 is 0 Å². The number of rotatable bonds is 5. The van der Waals surface area contributed by atoms with Gasteiger partial charge in [0.05, 0.1) is 11.9 Å². The van der Waals surface area contributed by atoms with Crippen molar-refractivity contribution in [3.63, 3.8) is 0 Å². The van der Waals surface area contributed by atoms with Gasteiger partial charge in [-0.2, -0.15) is 5.10 Å². The highest BCUT2D eigenvalue weighted by molar-refractivity contribution is 9.10. The van der Waals surface area contributed by atoms with E-state index in [1.165, 1.54) is 4.68 Å². The molecule has 0 spiro atoms. The van der Waals surface area contributed by atoms with E-state index >= 15 is 0 Å². The molecule has 0 saturated heterocycles. The molecule has 0 unspecified atom stereocenters. The molecule has 0 radical (unpaired) electrons. The van der Waals surface area contributed by atoms with Crippen LogP contribution in [0.4, 0.5) is 5.69 Å². The highest BCUT2D eigenvalue weighted by atomic mass is 79.9. The summed E-state index contributed by atoms with van der Waals surface area (Å²) >= 11 is 9.51. The van der Waals surface area contributed by atoms with Gasteiger partial charge in [0.2, 0.25) is 0 Å². The van der Waals surface area contributed by atoms with Crippen molar-refractivity contribution in [1.82, 2.24) is 9.78 Å². The average Bonchev–Trinajstić information content (AvgIpc) is 2.43. The number of hydrogen-bond acceptors (Lipinski definition) is 3. The first-order valence-corrected chi connectivity index (χ1v) is 7.53. The molecule has 1 N–H and O–H groups in total. The molecule has 2 rings (SSSR count). The molecule has 0 fully saturated rings. The molecule has 0 saturated carbocycles. The molecule has 2 aromatic rings. The van der Waals surface area contributed by atoms with Crippen LogP contribution in [0.2, 0.25) is 5.02 Å². The maximum absolute atomic E-state index is 12.0. The molecule has 0 aliphatic carbocycles. The molecule has 0 aliphatic rings. The number of anilines is 1. The van der Waals surface area contributed by atoms with Crippen molar-refractivity contribution in [2.75, 3.05) is 5.32 Å². The molecular formula is C14H15BrClN3O. The molecule has 106 valence electrons. The lowest BCUT2D eigenvalue weighted by molar-refractivity contribution is 0.568. The third kappa shape index (κ3) is 3.61. The van der Waals surface area contributed by atoms with Gasteiger partial charge >= 0.3 is 0 Å². The Balaban J connectivity index is 2.14. The molecule has 1 aromatic carbocycles. The second kappa shape index (κ2) is 6.90. The standard InChI is InChI=1S/C14H15BrClN3O/c1-2-6-19-14(20)13(16)12(9-18-19)17-8-10-4-3-5-11(15)7-10/h3-5,7,9,17H,2,6,8H2,1H3. The summed E-state index contributed by atoms with van der Waals surface area (Å²) in [5.41, 5.74) is 1.39. The molecule has 4 nitrogen and oxygen atoms in total. The Hall–Kier alpha value is -1.33. The first-order valence-electron chi connectivity index (χ1n) is 6.35. The van der Waals surface area contributed by atoms with Crippen LogP contribution in [0, 0.1) is 0 Å². The van der Waals surface area contributed by atoms with Gasteiger partial charge in [0.1, 0.15) is 5.02 Å². The Bertz CT molecular complexity index is 657. The van der Waals surface area contributed by atoms with E-state index in [2.05, 4.69) is 26.3 Å². The van der Waals surface area contributed by atoms with Crippen LogP contribution < -0.4 is 10.9 Å². The Morgan fingerprint density at radius 3 is 2.95 bits per heavy atom. The van der Waals surface area contributed by atoms with Crippen molar-refractivity contribution in [2.24, 2.45) is 0 Å². The third-order valence-electron chi connectivity index (χ3n) is 2.79. The zero-order valence-electron chi connectivity index (χ0n) is 11.1. The topological polar surface area (TPSA) is 46.9 Å². The molecule has 0 atom stereocenters. The monoisotopic (exact) mass is 355 g/mol. The minimum atomic E-state index is -0.257. The average molecular weight is 357 g/mol. The predicted octanol–water partition coefficient (Wildman–Crippen LogP) is 3.68. The van der Waals surface area contributed by atoms with Gasteiger partial charge in [0.25, 0.3) is 5.56 Å². The fourth-order valence-corrected chi connectivity index (χ4v) is 2.46. The van der Waals surface area contributed by atoms with E-state index in [1.807, 2.05) is 31.2 Å². The summed E-state index contributed by atoms with van der Waals surface area (Å²) in [5, 5.41) is 7.43. The molecule has 1 aromatic heterocycles. The van der Waals surface area contributed by atoms with Gasteiger partial charge in [-0.05, 0) is 24.1 Å². The summed E-state index contributed by atoms with van der Waals surface area (Å²) in [6.07, 6.45) is 2.44. The lowest BCUT2D eigenvalue weighted by Gasteiger charge is -2.10. The molecule has 20 heavy (non-hydrogen) atoms. The number of nitrogens with one attached hydrogen (secondary N) is 1. The first-order chi connectivity index (χ1) is 9.61. The van der Waals surface area contributed by atoms with Gasteiger partial charge in [0.15, 0.2) is 0 Å². The quantitative estimate of drug-likeness (QED) is 0.889. The minimum Gasteiger partial charge on any atom is -0.378 e. The van der Waals surface area contributed by atoms with E-state index in [9.17, 15) is 4.79 Å². The van der Waals surface area contributed by atoms with Crippen LogP contribution in [0.25, 0.3) is 0 Å². The maximum atomic E-state index is 12.0. The number of benzene rings is 1. The number of aryl methyl sites for hydroxylation is 1. The van der Waals surface area contributed by atoms with Crippen molar-refractivity contribution in [1.29, 1.82) is 0 Å². The van der Waals surface area contributed by atoms with E-state index in [1.54, 1.807) is 6.20 Å². The van der Waals surface area contributed by atoms with E-state index in [-0.39, 0.29) is 10.6 Å². The van der Waals surface area contributed by atoms with Crippen molar-refractivity contribution in [2.45, 2.75) is 26.4 Å². The summed E-state index contributed by atoms with van der Waals surface area (Å²) in [7, 11) is 0. The summed E-state index contributed by atoms with van der Waals surface area (Å²) in [6.45, 7) is 3.14.